The molecule has 0 fully saturated rings. The van der Waals surface area contributed by atoms with Gasteiger partial charge in [0.1, 0.15) is 12.1 Å². The van der Waals surface area contributed by atoms with Crippen molar-refractivity contribution in [1.82, 2.24) is 0 Å². The third-order valence-corrected chi connectivity index (χ3v) is 4.32. The van der Waals surface area contributed by atoms with Gasteiger partial charge in [0, 0.05) is 17.9 Å². The van der Waals surface area contributed by atoms with Gasteiger partial charge in [-0.25, -0.2) is 4.57 Å². The minimum absolute atomic E-state index is 0.737. The Morgan fingerprint density at radius 1 is 1.28 bits per heavy atom. The highest BCUT2D eigenvalue weighted by Crippen LogP contribution is 2.34. The van der Waals surface area contributed by atoms with E-state index < -0.39 is 0 Å². The van der Waals surface area contributed by atoms with Crippen LogP contribution in [0.3, 0.4) is 0 Å². The fraction of sp³-hybridized carbons (Fsp3) is 0.417. The molecule has 0 bridgehead atoms. The van der Waals surface area contributed by atoms with Gasteiger partial charge in [-0.3, -0.25) is 5.73 Å². The topological polar surface area (TPSA) is 48.4 Å². The number of nitrogens with zero attached hydrogens (tertiary/aromatic N) is 1. The zero-order chi connectivity index (χ0) is 13.1. The normalized spacial score (nSPS) is 10.8. The molecule has 0 aliphatic heterocycles. The van der Waals surface area contributed by atoms with Crippen LogP contribution in [0.1, 0.15) is 0 Å². The number of aryl methyl sites for hydroxylation is 1. The van der Waals surface area contributed by atoms with Gasteiger partial charge in [0.2, 0.25) is 0 Å². The molecule has 1 heterocycles. The molecule has 6 heteroatoms. The summed E-state index contributed by atoms with van der Waals surface area (Å²) in [6.45, 7) is 0.905. The van der Waals surface area contributed by atoms with Gasteiger partial charge in [-0.15, -0.1) is 0 Å². The van der Waals surface area contributed by atoms with E-state index in [0.29, 0.717) is 0 Å². The van der Waals surface area contributed by atoms with Crippen LogP contribution in [0.25, 0.3) is 10.2 Å². The molecule has 0 radical (unpaired) electrons. The molecule has 0 amide bonds. The van der Waals surface area contributed by atoms with Crippen molar-refractivity contribution in [1.29, 1.82) is 0 Å². The minimum atomic E-state index is 0.737. The van der Waals surface area contributed by atoms with Gasteiger partial charge in [0.05, 0.1) is 18.9 Å². The zero-order valence-corrected chi connectivity index (χ0v) is 12.4. The van der Waals surface area contributed by atoms with E-state index in [2.05, 4.69) is 10.8 Å². The van der Waals surface area contributed by atoms with Gasteiger partial charge < -0.3 is 9.47 Å². The van der Waals surface area contributed by atoms with E-state index >= 15 is 0 Å². The summed E-state index contributed by atoms with van der Waals surface area (Å²) in [6, 6.07) is 3.96. The van der Waals surface area contributed by atoms with E-state index in [1.807, 2.05) is 23.9 Å². The standard InChI is InChI=1S/C12H16N2O2S2/c1-15-9-6-8-11(7-10(9)16-2)18-12(13)14(8)4-5-17-3/h6-7,13H,4-5H2,1-3H3/p+1. The predicted octanol–water partition coefficient (Wildman–Crippen LogP) is 2.15. The summed E-state index contributed by atoms with van der Waals surface area (Å²) in [5.74, 6) is 2.51. The Morgan fingerprint density at radius 3 is 2.56 bits per heavy atom. The van der Waals surface area contributed by atoms with Crippen molar-refractivity contribution in [2.24, 2.45) is 0 Å². The molecule has 1 aromatic heterocycles. The van der Waals surface area contributed by atoms with Crippen molar-refractivity contribution in [2.45, 2.75) is 6.54 Å². The molecule has 2 N–H and O–H groups in total. The highest BCUT2D eigenvalue weighted by molar-refractivity contribution is 7.98. The summed E-state index contributed by atoms with van der Waals surface area (Å²) in [4.78, 5) is 0. The third kappa shape index (κ3) is 2.35. The molecule has 1 aromatic carbocycles. The summed E-state index contributed by atoms with van der Waals surface area (Å²) in [6.07, 6.45) is 2.09. The van der Waals surface area contributed by atoms with Crippen molar-refractivity contribution < 1.29 is 14.0 Å². The van der Waals surface area contributed by atoms with Gasteiger partial charge in [0.15, 0.2) is 11.5 Å². The van der Waals surface area contributed by atoms with Crippen LogP contribution in [0.15, 0.2) is 12.1 Å². The molecule has 0 saturated heterocycles. The van der Waals surface area contributed by atoms with E-state index in [1.54, 1.807) is 25.6 Å². The first-order valence-electron chi connectivity index (χ1n) is 5.54. The number of methoxy groups -OCH3 is 2. The zero-order valence-electron chi connectivity index (χ0n) is 10.7. The number of hydrogen-bond acceptors (Lipinski definition) is 5. The highest BCUT2D eigenvalue weighted by Gasteiger charge is 2.18. The number of nitrogens with two attached hydrogens (primary N) is 1. The first-order chi connectivity index (χ1) is 8.71. The van der Waals surface area contributed by atoms with E-state index in [0.717, 1.165) is 39.1 Å². The molecular weight excluding hydrogens is 268 g/mol. The van der Waals surface area contributed by atoms with Gasteiger partial charge >= 0.3 is 5.13 Å². The van der Waals surface area contributed by atoms with Gasteiger partial charge in [0.25, 0.3) is 0 Å². The number of ether oxygens (including phenoxy) is 2. The quantitative estimate of drug-likeness (QED) is 0.855. The first-order valence-corrected chi connectivity index (χ1v) is 7.75. The predicted molar refractivity (Wildman–Crippen MR) is 77.9 cm³/mol. The maximum atomic E-state index is 6.07. The lowest BCUT2D eigenvalue weighted by Crippen LogP contribution is -2.36. The fourth-order valence-electron chi connectivity index (χ4n) is 1.84. The molecule has 0 aliphatic rings. The molecule has 4 nitrogen and oxygen atoms in total. The van der Waals surface area contributed by atoms with E-state index in [4.69, 9.17) is 15.2 Å². The average Bonchev–Trinajstić information content (AvgIpc) is 2.69. The summed E-state index contributed by atoms with van der Waals surface area (Å²) < 4.78 is 13.9. The largest absolute Gasteiger partial charge is 0.493 e. The van der Waals surface area contributed by atoms with Crippen molar-refractivity contribution >= 4 is 38.4 Å². The second-order valence-corrected chi connectivity index (χ2v) is 5.81. The number of aromatic nitrogens is 1. The molecule has 18 heavy (non-hydrogen) atoms. The number of rotatable bonds is 5. The lowest BCUT2D eigenvalue weighted by Gasteiger charge is -2.06. The number of benzene rings is 1. The van der Waals surface area contributed by atoms with Crippen molar-refractivity contribution in [2.75, 3.05) is 32.0 Å². The number of thiazole rings is 1. The lowest BCUT2D eigenvalue weighted by molar-refractivity contribution is -0.648. The fourth-order valence-corrected chi connectivity index (χ4v) is 3.17. The van der Waals surface area contributed by atoms with E-state index in [1.165, 1.54) is 0 Å². The molecule has 0 spiro atoms. The molecule has 0 saturated carbocycles. The van der Waals surface area contributed by atoms with Gasteiger partial charge in [-0.2, -0.15) is 11.8 Å². The number of hydrogen-bond donors (Lipinski definition) is 1. The van der Waals surface area contributed by atoms with Crippen molar-refractivity contribution in [3.8, 4) is 11.5 Å². The van der Waals surface area contributed by atoms with Crippen LogP contribution in [0, 0.1) is 0 Å². The second kappa shape index (κ2) is 5.67. The van der Waals surface area contributed by atoms with Gasteiger partial charge in [-0.1, -0.05) is 0 Å². The third-order valence-electron chi connectivity index (χ3n) is 2.76. The summed E-state index contributed by atoms with van der Waals surface area (Å²) in [7, 11) is 3.29. The lowest BCUT2D eigenvalue weighted by atomic mass is 10.3. The number of thioether (sulfide) groups is 1. The smallest absolute Gasteiger partial charge is 0.332 e. The van der Waals surface area contributed by atoms with E-state index in [-0.39, 0.29) is 0 Å². The Morgan fingerprint density at radius 2 is 1.94 bits per heavy atom. The van der Waals surface area contributed by atoms with E-state index in [9.17, 15) is 0 Å². The monoisotopic (exact) mass is 285 g/mol. The molecule has 2 aromatic rings. The molecular formula is C12H17N2O2S2+. The number of anilines is 1. The van der Waals surface area contributed by atoms with Crippen molar-refractivity contribution in [3.63, 3.8) is 0 Å². The van der Waals surface area contributed by atoms with Crippen LogP contribution in [0.4, 0.5) is 5.13 Å². The SMILES string of the molecule is COc1cc2sc(N)[n+](CCSC)c2cc1OC. The Labute approximate surface area is 115 Å². The Kier molecular flexibility index (Phi) is 4.19. The Hall–Kier alpha value is -1.14. The summed E-state index contributed by atoms with van der Waals surface area (Å²) >= 11 is 3.38. The van der Waals surface area contributed by atoms with Crippen molar-refractivity contribution in [3.05, 3.63) is 12.1 Å². The van der Waals surface area contributed by atoms with Crippen LogP contribution in [0.2, 0.25) is 0 Å². The Bertz CT molecular complexity index is 554. The number of nitrogen functional groups attached to an aromatic ring is 1. The van der Waals surface area contributed by atoms with Crippen LogP contribution in [0.5, 0.6) is 11.5 Å². The highest BCUT2D eigenvalue weighted by atomic mass is 32.2. The second-order valence-electron chi connectivity index (χ2n) is 3.76. The molecule has 0 atom stereocenters. The maximum absolute atomic E-state index is 6.07. The van der Waals surface area contributed by atoms with Crippen LogP contribution >= 0.6 is 23.1 Å². The Balaban J connectivity index is 2.55. The maximum Gasteiger partial charge on any atom is 0.332 e. The molecule has 2 rings (SSSR count). The molecule has 0 unspecified atom stereocenters. The molecule has 0 aliphatic carbocycles. The summed E-state index contributed by atoms with van der Waals surface area (Å²) in [5.41, 5.74) is 7.17. The summed E-state index contributed by atoms with van der Waals surface area (Å²) in [5, 5.41) is 0.814. The average molecular weight is 285 g/mol. The molecule has 98 valence electrons. The van der Waals surface area contributed by atoms with Crippen LogP contribution in [-0.2, 0) is 6.54 Å². The van der Waals surface area contributed by atoms with Crippen LogP contribution in [-0.4, -0.2) is 26.2 Å². The number of fused-ring (bicyclic) bond motifs is 1. The minimum Gasteiger partial charge on any atom is -0.493 e. The van der Waals surface area contributed by atoms with Gasteiger partial charge in [-0.05, 0) is 17.6 Å². The van der Waals surface area contributed by atoms with Crippen LogP contribution < -0.4 is 19.8 Å². The first kappa shape index (κ1) is 13.3.